The van der Waals surface area contributed by atoms with E-state index in [9.17, 15) is 14.4 Å². The highest BCUT2D eigenvalue weighted by molar-refractivity contribution is 6.25. The van der Waals surface area contributed by atoms with Crippen molar-refractivity contribution in [2.45, 2.75) is 24.4 Å². The molecule has 2 aromatic carbocycles. The first-order valence-electron chi connectivity index (χ1n) is 9.85. The molecule has 6 rings (SSSR count). The Kier molecular flexibility index (Phi) is 3.03. The average Bonchev–Trinajstić information content (AvgIpc) is 3.41. The number of carbonyl (C=O) groups is 3. The molecule has 3 fully saturated rings. The summed E-state index contributed by atoms with van der Waals surface area (Å²) in [6, 6.07) is 16.7. The van der Waals surface area contributed by atoms with Crippen LogP contribution in [-0.4, -0.2) is 30.3 Å². The number of amides is 3. The van der Waals surface area contributed by atoms with Crippen molar-refractivity contribution in [2.75, 3.05) is 16.8 Å². The van der Waals surface area contributed by atoms with E-state index in [-0.39, 0.29) is 23.8 Å². The van der Waals surface area contributed by atoms with Gasteiger partial charge in [-0.05, 0) is 18.2 Å². The van der Waals surface area contributed by atoms with Crippen molar-refractivity contribution in [2.24, 2.45) is 11.8 Å². The lowest BCUT2D eigenvalue weighted by molar-refractivity contribution is -0.948. The number of rotatable bonds is 1. The first-order chi connectivity index (χ1) is 13.7. The molecule has 0 saturated carbocycles. The third kappa shape index (κ3) is 1.66. The van der Waals surface area contributed by atoms with Crippen LogP contribution in [0.15, 0.2) is 54.6 Å². The van der Waals surface area contributed by atoms with Crippen LogP contribution in [0.1, 0.15) is 18.4 Å². The molecule has 2 N–H and O–H groups in total. The van der Waals surface area contributed by atoms with Crippen LogP contribution in [0.5, 0.6) is 0 Å². The summed E-state index contributed by atoms with van der Waals surface area (Å²) in [4.78, 5) is 43.0. The number of imide groups is 1. The second-order valence-electron chi connectivity index (χ2n) is 8.18. The van der Waals surface area contributed by atoms with E-state index in [1.54, 1.807) is 12.1 Å². The fourth-order valence-corrected chi connectivity index (χ4v) is 6.25. The average molecular weight is 374 g/mol. The maximum absolute atomic E-state index is 13.7. The van der Waals surface area contributed by atoms with Crippen molar-refractivity contribution < 1.29 is 19.3 Å². The minimum Gasteiger partial charge on any atom is -0.320 e. The zero-order valence-corrected chi connectivity index (χ0v) is 15.2. The van der Waals surface area contributed by atoms with Crippen LogP contribution in [0.3, 0.4) is 0 Å². The Labute approximate surface area is 162 Å². The molecule has 6 nitrogen and oxygen atoms in total. The summed E-state index contributed by atoms with van der Waals surface area (Å²) in [5, 5.41) is 3.00. The number of quaternary nitrogens is 1. The fraction of sp³-hybridized carbons (Fsp3) is 0.318. The monoisotopic (exact) mass is 374 g/mol. The van der Waals surface area contributed by atoms with E-state index in [0.29, 0.717) is 5.69 Å². The summed E-state index contributed by atoms with van der Waals surface area (Å²) < 4.78 is 0. The largest absolute Gasteiger partial charge is 0.320 e. The van der Waals surface area contributed by atoms with Crippen LogP contribution in [0.4, 0.5) is 11.4 Å². The molecule has 0 radical (unpaired) electrons. The van der Waals surface area contributed by atoms with E-state index in [4.69, 9.17) is 0 Å². The Morgan fingerprint density at radius 3 is 2.54 bits per heavy atom. The van der Waals surface area contributed by atoms with Gasteiger partial charge in [-0.25, -0.2) is 4.90 Å². The van der Waals surface area contributed by atoms with Crippen LogP contribution >= 0.6 is 0 Å². The van der Waals surface area contributed by atoms with Gasteiger partial charge in [0.2, 0.25) is 17.4 Å². The van der Waals surface area contributed by atoms with Gasteiger partial charge in [0.1, 0.15) is 17.9 Å². The lowest BCUT2D eigenvalue weighted by atomic mass is 9.75. The maximum atomic E-state index is 13.7. The highest BCUT2D eigenvalue weighted by atomic mass is 16.2. The topological polar surface area (TPSA) is 70.9 Å². The van der Waals surface area contributed by atoms with Gasteiger partial charge in [0.25, 0.3) is 5.91 Å². The molecule has 3 saturated heterocycles. The van der Waals surface area contributed by atoms with Crippen LogP contribution < -0.4 is 15.1 Å². The Morgan fingerprint density at radius 2 is 1.71 bits per heavy atom. The second-order valence-corrected chi connectivity index (χ2v) is 8.18. The van der Waals surface area contributed by atoms with Crippen molar-refractivity contribution >= 4 is 29.1 Å². The minimum absolute atomic E-state index is 0.00654. The molecule has 1 spiro atoms. The van der Waals surface area contributed by atoms with E-state index >= 15 is 0 Å². The normalized spacial score (nSPS) is 35.3. The lowest BCUT2D eigenvalue weighted by Gasteiger charge is -2.33. The quantitative estimate of drug-likeness (QED) is 0.722. The summed E-state index contributed by atoms with van der Waals surface area (Å²) in [5.74, 6) is -1.62. The third-order valence-corrected chi connectivity index (χ3v) is 7.14. The molecule has 2 aromatic rings. The molecule has 4 aliphatic rings. The van der Waals surface area contributed by atoms with E-state index in [0.717, 1.165) is 35.5 Å². The first kappa shape index (κ1) is 16.0. The molecule has 28 heavy (non-hydrogen) atoms. The van der Waals surface area contributed by atoms with Gasteiger partial charge in [-0.15, -0.1) is 0 Å². The maximum Gasteiger partial charge on any atom is 0.291 e. The first-order valence-corrected chi connectivity index (χ1v) is 9.85. The Morgan fingerprint density at radius 1 is 0.964 bits per heavy atom. The van der Waals surface area contributed by atoms with Crippen LogP contribution in [-0.2, 0) is 19.9 Å². The fourth-order valence-electron chi connectivity index (χ4n) is 6.25. The van der Waals surface area contributed by atoms with Gasteiger partial charge in [-0.2, -0.15) is 0 Å². The van der Waals surface area contributed by atoms with E-state index in [2.05, 4.69) is 5.32 Å². The molecule has 140 valence electrons. The number of anilines is 2. The summed E-state index contributed by atoms with van der Waals surface area (Å²) in [6.07, 6.45) is 1.84. The van der Waals surface area contributed by atoms with Gasteiger partial charge in [0.05, 0.1) is 17.9 Å². The molecule has 4 aliphatic heterocycles. The van der Waals surface area contributed by atoms with Crippen molar-refractivity contribution in [1.29, 1.82) is 0 Å². The predicted molar refractivity (Wildman–Crippen MR) is 102 cm³/mol. The Hall–Kier alpha value is -2.99. The second kappa shape index (κ2) is 5.29. The van der Waals surface area contributed by atoms with Crippen molar-refractivity contribution in [1.82, 2.24) is 0 Å². The molecule has 5 atom stereocenters. The number of hydrogen-bond acceptors (Lipinski definition) is 3. The van der Waals surface area contributed by atoms with Gasteiger partial charge in [0.15, 0.2) is 0 Å². The van der Waals surface area contributed by atoms with Gasteiger partial charge in [0, 0.05) is 18.4 Å². The van der Waals surface area contributed by atoms with Gasteiger partial charge in [-0.3, -0.25) is 14.4 Å². The molecular formula is C22H20N3O3+. The highest BCUT2D eigenvalue weighted by Gasteiger charge is 2.78. The zero-order chi connectivity index (χ0) is 19.0. The predicted octanol–water partition coefficient (Wildman–Crippen LogP) is 0.701. The lowest BCUT2D eigenvalue weighted by Crippen LogP contribution is -3.19. The number of hydrogen-bond donors (Lipinski definition) is 2. The van der Waals surface area contributed by atoms with Crippen LogP contribution in [0, 0.1) is 11.8 Å². The smallest absolute Gasteiger partial charge is 0.291 e. The molecule has 4 heterocycles. The van der Waals surface area contributed by atoms with Crippen LogP contribution in [0.2, 0.25) is 0 Å². The molecular weight excluding hydrogens is 354 g/mol. The van der Waals surface area contributed by atoms with Crippen molar-refractivity contribution in [3.05, 3.63) is 60.2 Å². The summed E-state index contributed by atoms with van der Waals surface area (Å²) >= 11 is 0. The third-order valence-electron chi connectivity index (χ3n) is 7.14. The summed E-state index contributed by atoms with van der Waals surface area (Å²) in [6.45, 7) is 0.811. The Bertz CT molecular complexity index is 1040. The molecule has 0 aromatic heterocycles. The number of nitrogens with one attached hydrogen (secondary N) is 2. The highest BCUT2D eigenvalue weighted by Crippen LogP contribution is 2.52. The number of benzene rings is 2. The molecule has 1 unspecified atom stereocenters. The molecule has 6 heteroatoms. The van der Waals surface area contributed by atoms with Gasteiger partial charge < -0.3 is 10.2 Å². The standard InChI is InChI=1S/C22H19N3O3/c26-19-17-16-11-6-12-24(16)22(14-9-4-5-10-15(14)23-21(22)28)18(17)20(27)25(19)13-7-2-1-3-8-13/h1-5,7-10,16-18H,6,11-12H2,(H,23,28)/p+1/t16-,17+,18-,22-/m1/s1. The molecule has 0 aliphatic carbocycles. The van der Waals surface area contributed by atoms with E-state index < -0.39 is 17.4 Å². The van der Waals surface area contributed by atoms with Gasteiger partial charge >= 0.3 is 0 Å². The number of para-hydroxylation sites is 2. The van der Waals surface area contributed by atoms with Crippen LogP contribution in [0.25, 0.3) is 0 Å². The molecule has 0 bridgehead atoms. The summed E-state index contributed by atoms with van der Waals surface area (Å²) in [7, 11) is 0. The number of carbonyl (C=O) groups excluding carboxylic acids is 3. The van der Waals surface area contributed by atoms with E-state index in [1.807, 2.05) is 42.5 Å². The summed E-state index contributed by atoms with van der Waals surface area (Å²) in [5.41, 5.74) is 1.22. The van der Waals surface area contributed by atoms with Gasteiger partial charge in [-0.1, -0.05) is 36.4 Å². The number of fused-ring (bicyclic) bond motifs is 7. The zero-order valence-electron chi connectivity index (χ0n) is 15.2. The SMILES string of the molecule is O=C1[C@H]2[C@H]3CCC[NH+]3[C@@]3(C(=O)Nc4ccccc43)[C@H]2C(=O)N1c1ccccc1. The van der Waals surface area contributed by atoms with Crippen molar-refractivity contribution in [3.63, 3.8) is 0 Å². The molecule has 3 amide bonds. The minimum atomic E-state index is -1.00. The van der Waals surface area contributed by atoms with E-state index in [1.165, 1.54) is 4.90 Å². The number of nitrogens with zero attached hydrogens (tertiary/aromatic N) is 1. The van der Waals surface area contributed by atoms with Crippen molar-refractivity contribution in [3.8, 4) is 0 Å². The Balaban J connectivity index is 1.58.